The van der Waals surface area contributed by atoms with Gasteiger partial charge in [-0.15, -0.1) is 0 Å². The van der Waals surface area contributed by atoms with Crippen molar-refractivity contribution >= 4 is 58.4 Å². The zero-order valence-corrected chi connectivity index (χ0v) is 19.9. The molecule has 0 aliphatic carbocycles. The smallest absolute Gasteiger partial charge is 0.419 e. The molecule has 180 valence electrons. The number of carbonyl (C=O) groups excluding carboxylic acids is 2. The second-order valence-corrected chi connectivity index (χ2v) is 8.26. The van der Waals surface area contributed by atoms with Crippen LogP contribution in [0.25, 0.3) is 0 Å². The minimum Gasteiger partial charge on any atom is -0.454 e. The molecule has 0 spiro atoms. The van der Waals surface area contributed by atoms with Gasteiger partial charge in [0.15, 0.2) is 11.5 Å². The summed E-state index contributed by atoms with van der Waals surface area (Å²) < 4.78 is 49.2. The highest BCUT2D eigenvalue weighted by Crippen LogP contribution is 2.42. The van der Waals surface area contributed by atoms with Gasteiger partial charge in [-0.25, -0.2) is 4.79 Å². The van der Waals surface area contributed by atoms with E-state index in [-0.39, 0.29) is 33.4 Å². The third kappa shape index (κ3) is 6.50. The van der Waals surface area contributed by atoms with E-state index in [0.29, 0.717) is 17.2 Å². The van der Waals surface area contributed by atoms with Crippen LogP contribution in [0.4, 0.5) is 18.0 Å². The van der Waals surface area contributed by atoms with Crippen molar-refractivity contribution in [3.8, 4) is 23.3 Å². The maximum atomic E-state index is 12.9. The molecule has 0 aromatic heterocycles. The Balaban J connectivity index is 1.83. The number of nitriles is 1. The van der Waals surface area contributed by atoms with Gasteiger partial charge in [0.1, 0.15) is 5.75 Å². The Morgan fingerprint density at radius 1 is 0.914 bits per heavy atom. The molecule has 13 heteroatoms. The molecule has 3 rings (SSSR count). The van der Waals surface area contributed by atoms with Crippen LogP contribution >= 0.6 is 46.4 Å². The quantitative estimate of drug-likeness (QED) is 0.348. The molecule has 0 atom stereocenters. The van der Waals surface area contributed by atoms with Crippen molar-refractivity contribution in [3.05, 3.63) is 85.3 Å². The largest absolute Gasteiger partial charge is 0.454 e. The molecule has 0 unspecified atom stereocenters. The zero-order chi connectivity index (χ0) is 25.9. The van der Waals surface area contributed by atoms with Crippen LogP contribution in [-0.4, -0.2) is 12.0 Å². The number of benzene rings is 3. The third-order valence-electron chi connectivity index (χ3n) is 4.21. The molecular weight excluding hydrogens is 555 g/mol. The van der Waals surface area contributed by atoms with Crippen LogP contribution in [0.3, 0.4) is 0 Å². The number of ether oxygens (including phenoxy) is 2. The monoisotopic (exact) mass is 562 g/mol. The highest BCUT2D eigenvalue weighted by molar-refractivity contribution is 6.37. The summed E-state index contributed by atoms with van der Waals surface area (Å²) in [6.45, 7) is 0. The first-order valence-electron chi connectivity index (χ1n) is 9.15. The van der Waals surface area contributed by atoms with Crippen LogP contribution in [0.15, 0.2) is 48.5 Å². The lowest BCUT2D eigenvalue weighted by Gasteiger charge is -2.14. The number of amides is 2. The van der Waals surface area contributed by atoms with Crippen LogP contribution in [0, 0.1) is 11.3 Å². The number of rotatable bonds is 4. The molecule has 0 radical (unpaired) electrons. The van der Waals surface area contributed by atoms with Crippen LogP contribution in [0.5, 0.6) is 17.2 Å². The summed E-state index contributed by atoms with van der Waals surface area (Å²) in [6, 6.07) is 10.6. The average Bonchev–Trinajstić information content (AvgIpc) is 2.77. The van der Waals surface area contributed by atoms with E-state index in [2.05, 4.69) is 0 Å². The van der Waals surface area contributed by atoms with Gasteiger partial charge >= 0.3 is 12.3 Å². The van der Waals surface area contributed by atoms with Gasteiger partial charge < -0.3 is 9.47 Å². The molecule has 0 fully saturated rings. The molecule has 1 N–H and O–H groups in total. The summed E-state index contributed by atoms with van der Waals surface area (Å²) in [7, 11) is 0. The lowest BCUT2D eigenvalue weighted by Crippen LogP contribution is -2.33. The van der Waals surface area contributed by atoms with E-state index >= 15 is 0 Å². The van der Waals surface area contributed by atoms with Crippen LogP contribution in [0.1, 0.15) is 21.5 Å². The predicted octanol–water partition coefficient (Wildman–Crippen LogP) is 7.91. The van der Waals surface area contributed by atoms with Gasteiger partial charge in [0.05, 0.1) is 37.8 Å². The fourth-order valence-corrected chi connectivity index (χ4v) is 3.67. The van der Waals surface area contributed by atoms with Gasteiger partial charge in [-0.05, 0) is 48.5 Å². The van der Waals surface area contributed by atoms with Crippen LogP contribution < -0.4 is 14.8 Å². The molecule has 2 amide bonds. The first-order valence-corrected chi connectivity index (χ1v) is 10.7. The van der Waals surface area contributed by atoms with Gasteiger partial charge in [0.25, 0.3) is 5.91 Å². The lowest BCUT2D eigenvalue weighted by atomic mass is 10.1. The molecule has 3 aromatic rings. The number of halogens is 7. The Morgan fingerprint density at radius 2 is 1.57 bits per heavy atom. The standard InChI is InChI=1S/C22H9Cl4F3N2O4/c23-12-2-4-18(15(24)7-12)35-21(33)31-20(32)14-8-13(3-1-10(14)9-30)34-19-16(25)5-11(6-17(19)26)22(27,28)29/h1-8H,(H,31,32,33). The SMILES string of the molecule is N#Cc1ccc(Oc2c(Cl)cc(C(F)(F)F)cc2Cl)cc1C(=O)NC(=O)Oc1ccc(Cl)cc1Cl. The van der Waals surface area contributed by atoms with Gasteiger partial charge in [0, 0.05) is 5.02 Å². The second-order valence-electron chi connectivity index (χ2n) is 6.61. The summed E-state index contributed by atoms with van der Waals surface area (Å²) >= 11 is 23.5. The fraction of sp³-hybridized carbons (Fsp3) is 0.0455. The fourth-order valence-electron chi connectivity index (χ4n) is 2.65. The summed E-state index contributed by atoms with van der Waals surface area (Å²) in [4.78, 5) is 24.7. The number of alkyl halides is 3. The van der Waals surface area contributed by atoms with E-state index in [9.17, 15) is 28.0 Å². The van der Waals surface area contributed by atoms with E-state index in [1.54, 1.807) is 6.07 Å². The minimum atomic E-state index is -4.68. The normalized spacial score (nSPS) is 10.9. The average molecular weight is 564 g/mol. The first kappa shape index (κ1) is 26.4. The Kier molecular flexibility index (Phi) is 8.03. The Hall–Kier alpha value is -3.16. The lowest BCUT2D eigenvalue weighted by molar-refractivity contribution is -0.137. The van der Waals surface area contributed by atoms with Crippen molar-refractivity contribution in [2.24, 2.45) is 0 Å². The maximum absolute atomic E-state index is 12.9. The highest BCUT2D eigenvalue weighted by atomic mass is 35.5. The Morgan fingerprint density at radius 3 is 2.14 bits per heavy atom. The molecule has 0 heterocycles. The predicted molar refractivity (Wildman–Crippen MR) is 123 cm³/mol. The number of hydrogen-bond acceptors (Lipinski definition) is 5. The van der Waals surface area contributed by atoms with Gasteiger partial charge in [-0.3, -0.25) is 10.1 Å². The zero-order valence-electron chi connectivity index (χ0n) is 16.8. The van der Waals surface area contributed by atoms with Crippen LogP contribution in [0.2, 0.25) is 20.1 Å². The number of hydrogen-bond donors (Lipinski definition) is 1. The molecule has 3 aromatic carbocycles. The van der Waals surface area contributed by atoms with E-state index in [0.717, 1.165) is 6.07 Å². The Labute approximate surface area is 215 Å². The molecular formula is C22H9Cl4F3N2O4. The van der Waals surface area contributed by atoms with Crippen LogP contribution in [-0.2, 0) is 6.18 Å². The van der Waals surface area contributed by atoms with Crippen molar-refractivity contribution < 1.29 is 32.2 Å². The topological polar surface area (TPSA) is 88.4 Å². The molecule has 0 aliphatic heterocycles. The van der Waals surface area contributed by atoms with Crippen molar-refractivity contribution in [1.29, 1.82) is 5.26 Å². The first-order chi connectivity index (χ1) is 16.4. The molecule has 6 nitrogen and oxygen atoms in total. The minimum absolute atomic E-state index is 0.0125. The van der Waals surface area contributed by atoms with E-state index in [4.69, 9.17) is 55.9 Å². The summed E-state index contributed by atoms with van der Waals surface area (Å²) in [5.74, 6) is -1.53. The summed E-state index contributed by atoms with van der Waals surface area (Å²) in [5.41, 5.74) is -1.53. The third-order valence-corrected chi connectivity index (χ3v) is 5.31. The van der Waals surface area contributed by atoms with Crippen molar-refractivity contribution in [2.45, 2.75) is 6.18 Å². The molecule has 35 heavy (non-hydrogen) atoms. The van der Waals surface area contributed by atoms with Crippen molar-refractivity contribution in [2.75, 3.05) is 0 Å². The van der Waals surface area contributed by atoms with Crippen molar-refractivity contribution in [1.82, 2.24) is 5.32 Å². The molecule has 0 saturated carbocycles. The summed E-state index contributed by atoms with van der Waals surface area (Å²) in [5, 5.41) is 10.7. The van der Waals surface area contributed by atoms with E-state index in [1.165, 1.54) is 30.3 Å². The number of imide groups is 1. The number of nitrogens with zero attached hydrogens (tertiary/aromatic N) is 1. The summed E-state index contributed by atoms with van der Waals surface area (Å²) in [6.07, 6.45) is -5.89. The maximum Gasteiger partial charge on any atom is 0.419 e. The Bertz CT molecular complexity index is 1350. The molecule has 0 bridgehead atoms. The van der Waals surface area contributed by atoms with E-state index in [1.807, 2.05) is 5.32 Å². The van der Waals surface area contributed by atoms with Gasteiger partial charge in [-0.2, -0.15) is 18.4 Å². The van der Waals surface area contributed by atoms with E-state index < -0.39 is 33.8 Å². The van der Waals surface area contributed by atoms with Gasteiger partial charge in [-0.1, -0.05) is 46.4 Å². The molecule has 0 aliphatic rings. The van der Waals surface area contributed by atoms with Gasteiger partial charge in [0.2, 0.25) is 0 Å². The highest BCUT2D eigenvalue weighted by Gasteiger charge is 2.32. The second kappa shape index (κ2) is 10.6. The van der Waals surface area contributed by atoms with Crippen molar-refractivity contribution in [3.63, 3.8) is 0 Å². The number of nitrogens with one attached hydrogen (secondary N) is 1. The number of carbonyl (C=O) groups is 2. The molecule has 0 saturated heterocycles.